The van der Waals surface area contributed by atoms with Crippen molar-refractivity contribution in [1.82, 2.24) is 14.8 Å². The van der Waals surface area contributed by atoms with E-state index in [0.717, 1.165) is 31.4 Å². The van der Waals surface area contributed by atoms with E-state index in [-0.39, 0.29) is 35.4 Å². The summed E-state index contributed by atoms with van der Waals surface area (Å²) in [5, 5.41) is 12.1. The SMILES string of the molecule is O=C(NCc1ccc(F)c(Cl)c1F)c1cn2c(c(O)c1=O)C(=O)N1[C@H]3CC[C@H](C3)[C@H]1C2. The molecule has 2 aliphatic heterocycles. The summed E-state index contributed by atoms with van der Waals surface area (Å²) in [6.07, 6.45) is 4.12. The predicted molar refractivity (Wildman–Crippen MR) is 106 cm³/mol. The Labute approximate surface area is 180 Å². The van der Waals surface area contributed by atoms with E-state index in [1.54, 1.807) is 4.90 Å². The fourth-order valence-corrected chi connectivity index (χ4v) is 5.31. The standard InChI is InChI=1S/C21H18ClF2N3O4/c22-15-13(23)4-2-10(16(15)24)6-25-20(30)12-7-26-8-14-9-1-3-11(5-9)27(14)21(31)17(26)19(29)18(12)28/h2,4,7,9,11,14,29H,1,3,5-6,8H2,(H,25,30)/t9-,11+,14-/m1/s1. The van der Waals surface area contributed by atoms with Crippen molar-refractivity contribution in [2.24, 2.45) is 5.92 Å². The first-order chi connectivity index (χ1) is 14.8. The van der Waals surface area contributed by atoms with Gasteiger partial charge in [0.05, 0.1) is 6.04 Å². The minimum Gasteiger partial charge on any atom is -0.503 e. The summed E-state index contributed by atoms with van der Waals surface area (Å²) in [4.78, 5) is 40.0. The van der Waals surface area contributed by atoms with Gasteiger partial charge in [-0.3, -0.25) is 14.4 Å². The monoisotopic (exact) mass is 449 g/mol. The molecular formula is C21H18ClF2N3O4. The van der Waals surface area contributed by atoms with Gasteiger partial charge in [-0.2, -0.15) is 0 Å². The zero-order valence-electron chi connectivity index (χ0n) is 16.2. The zero-order chi connectivity index (χ0) is 22.0. The molecule has 0 unspecified atom stereocenters. The highest BCUT2D eigenvalue weighted by Gasteiger charge is 2.51. The third-order valence-corrected chi connectivity index (χ3v) is 6.96. The Morgan fingerprint density at radius 3 is 2.81 bits per heavy atom. The van der Waals surface area contributed by atoms with Crippen LogP contribution in [0, 0.1) is 17.6 Å². The largest absolute Gasteiger partial charge is 0.503 e. The van der Waals surface area contributed by atoms with E-state index in [1.807, 2.05) is 0 Å². The van der Waals surface area contributed by atoms with E-state index in [1.165, 1.54) is 10.8 Å². The average Bonchev–Trinajstić information content (AvgIpc) is 3.36. The number of aromatic hydroxyl groups is 1. The number of amides is 2. The van der Waals surface area contributed by atoms with Gasteiger partial charge in [0.15, 0.2) is 11.4 Å². The van der Waals surface area contributed by atoms with Gasteiger partial charge in [-0.25, -0.2) is 8.78 Å². The lowest BCUT2D eigenvalue weighted by Crippen LogP contribution is -2.52. The Morgan fingerprint density at radius 1 is 1.26 bits per heavy atom. The van der Waals surface area contributed by atoms with Gasteiger partial charge in [-0.05, 0) is 31.2 Å². The van der Waals surface area contributed by atoms with Gasteiger partial charge in [0.25, 0.3) is 11.8 Å². The van der Waals surface area contributed by atoms with Gasteiger partial charge in [0.2, 0.25) is 5.43 Å². The van der Waals surface area contributed by atoms with E-state index in [4.69, 9.17) is 11.6 Å². The molecule has 2 fully saturated rings. The lowest BCUT2D eigenvalue weighted by molar-refractivity contribution is 0.0482. The van der Waals surface area contributed by atoms with Crippen molar-refractivity contribution < 1.29 is 23.5 Å². The number of benzene rings is 1. The minimum atomic E-state index is -1.01. The van der Waals surface area contributed by atoms with Crippen LogP contribution in [0.25, 0.3) is 0 Å². The third-order valence-electron chi connectivity index (χ3n) is 6.62. The van der Waals surface area contributed by atoms with Crippen LogP contribution in [0.5, 0.6) is 5.75 Å². The second-order valence-electron chi connectivity index (χ2n) is 8.25. The molecular weight excluding hydrogens is 432 g/mol. The topological polar surface area (TPSA) is 91.6 Å². The number of carbonyl (C=O) groups is 2. The minimum absolute atomic E-state index is 0.0213. The predicted octanol–water partition coefficient (Wildman–Crippen LogP) is 2.42. The molecule has 1 aromatic carbocycles. The lowest BCUT2D eigenvalue weighted by atomic mass is 9.95. The van der Waals surface area contributed by atoms with E-state index in [2.05, 4.69) is 5.32 Å². The Balaban J connectivity index is 1.44. The molecule has 3 aliphatic rings. The highest BCUT2D eigenvalue weighted by molar-refractivity contribution is 6.30. The first-order valence-corrected chi connectivity index (χ1v) is 10.3. The maximum Gasteiger partial charge on any atom is 0.275 e. The Morgan fingerprint density at radius 2 is 2.03 bits per heavy atom. The van der Waals surface area contributed by atoms with Crippen LogP contribution in [0.3, 0.4) is 0 Å². The highest BCUT2D eigenvalue weighted by Crippen LogP contribution is 2.45. The molecule has 0 spiro atoms. The first-order valence-electron chi connectivity index (χ1n) is 9.97. The van der Waals surface area contributed by atoms with Gasteiger partial charge in [-0.1, -0.05) is 17.7 Å². The molecule has 2 bridgehead atoms. The number of rotatable bonds is 3. The van der Waals surface area contributed by atoms with Crippen molar-refractivity contribution in [2.45, 2.75) is 44.4 Å². The number of carbonyl (C=O) groups excluding carboxylic acids is 2. The fraction of sp³-hybridized carbons (Fsp3) is 0.381. The van der Waals surface area contributed by atoms with Gasteiger partial charge in [0.1, 0.15) is 22.2 Å². The summed E-state index contributed by atoms with van der Waals surface area (Å²) in [6.45, 7) is 0.0459. The van der Waals surface area contributed by atoms with Crippen molar-refractivity contribution in [2.75, 3.05) is 0 Å². The maximum absolute atomic E-state index is 14.1. The number of nitrogens with one attached hydrogen (secondary N) is 1. The number of halogens is 3. The molecule has 3 heterocycles. The van der Waals surface area contributed by atoms with Gasteiger partial charge >= 0.3 is 0 Å². The summed E-state index contributed by atoms with van der Waals surface area (Å²) in [6, 6.07) is 2.22. The molecule has 2 aromatic rings. The van der Waals surface area contributed by atoms with E-state index >= 15 is 0 Å². The van der Waals surface area contributed by atoms with Crippen molar-refractivity contribution in [1.29, 1.82) is 0 Å². The molecule has 10 heteroatoms. The Hall–Kier alpha value is -2.94. The number of pyridine rings is 1. The molecule has 7 nitrogen and oxygen atoms in total. The van der Waals surface area contributed by atoms with Crippen LogP contribution < -0.4 is 10.7 Å². The summed E-state index contributed by atoms with van der Waals surface area (Å²) in [5.74, 6) is -3.58. The first kappa shape index (κ1) is 20.0. The van der Waals surface area contributed by atoms with Gasteiger partial charge < -0.3 is 19.9 Å². The second kappa shape index (κ2) is 7.05. The number of piperidine rings is 1. The van der Waals surface area contributed by atoms with Crippen LogP contribution in [-0.4, -0.2) is 38.5 Å². The highest BCUT2D eigenvalue weighted by atomic mass is 35.5. The smallest absolute Gasteiger partial charge is 0.275 e. The normalized spacial score (nSPS) is 23.6. The van der Waals surface area contributed by atoms with E-state index in [0.29, 0.717) is 12.5 Å². The number of aromatic nitrogens is 1. The molecule has 5 rings (SSSR count). The summed E-state index contributed by atoms with van der Waals surface area (Å²) in [7, 11) is 0. The van der Waals surface area contributed by atoms with Crippen molar-refractivity contribution in [3.63, 3.8) is 0 Å². The summed E-state index contributed by atoms with van der Waals surface area (Å²) >= 11 is 5.54. The molecule has 31 heavy (non-hydrogen) atoms. The lowest BCUT2D eigenvalue weighted by Gasteiger charge is -2.40. The van der Waals surface area contributed by atoms with Crippen LogP contribution in [0.4, 0.5) is 8.78 Å². The molecule has 162 valence electrons. The van der Waals surface area contributed by atoms with Crippen LogP contribution in [0.15, 0.2) is 23.1 Å². The molecule has 1 aromatic heterocycles. The molecule has 1 aliphatic carbocycles. The van der Waals surface area contributed by atoms with Crippen LogP contribution in [-0.2, 0) is 13.1 Å². The quantitative estimate of drug-likeness (QED) is 0.704. The average molecular weight is 450 g/mol. The molecule has 3 atom stereocenters. The summed E-state index contributed by atoms with van der Waals surface area (Å²) in [5.41, 5.74) is -1.51. The van der Waals surface area contributed by atoms with E-state index < -0.39 is 39.6 Å². The van der Waals surface area contributed by atoms with Crippen molar-refractivity contribution in [3.05, 3.63) is 62.0 Å². The molecule has 2 N–H and O–H groups in total. The number of hydrogen-bond acceptors (Lipinski definition) is 4. The number of hydrogen-bond donors (Lipinski definition) is 2. The van der Waals surface area contributed by atoms with E-state index in [9.17, 15) is 28.3 Å². The van der Waals surface area contributed by atoms with Crippen LogP contribution >= 0.6 is 11.6 Å². The Bertz CT molecular complexity index is 1200. The molecule has 2 amide bonds. The second-order valence-corrected chi connectivity index (χ2v) is 8.62. The van der Waals surface area contributed by atoms with Crippen molar-refractivity contribution >= 4 is 23.4 Å². The maximum atomic E-state index is 14.1. The van der Waals surface area contributed by atoms with Crippen LogP contribution in [0.2, 0.25) is 5.02 Å². The number of fused-ring (bicyclic) bond motifs is 6. The molecule has 1 saturated heterocycles. The molecule has 0 radical (unpaired) electrons. The van der Waals surface area contributed by atoms with Gasteiger partial charge in [0, 0.05) is 30.9 Å². The Kier molecular flexibility index (Phi) is 4.55. The fourth-order valence-electron chi connectivity index (χ4n) is 5.12. The van der Waals surface area contributed by atoms with Crippen LogP contribution in [0.1, 0.15) is 45.7 Å². The molecule has 1 saturated carbocycles. The van der Waals surface area contributed by atoms with Gasteiger partial charge in [-0.15, -0.1) is 0 Å². The van der Waals surface area contributed by atoms with Crippen molar-refractivity contribution in [3.8, 4) is 5.75 Å². The number of nitrogens with zero attached hydrogens (tertiary/aromatic N) is 2. The third kappa shape index (κ3) is 2.94. The summed E-state index contributed by atoms with van der Waals surface area (Å²) < 4.78 is 28.8. The zero-order valence-corrected chi connectivity index (χ0v) is 17.0.